The molecule has 2 aromatic carbocycles. The zero-order chi connectivity index (χ0) is 16.9. The number of benzene rings is 2. The lowest BCUT2D eigenvalue weighted by atomic mass is 10.2. The summed E-state index contributed by atoms with van der Waals surface area (Å²) in [5, 5.41) is 7.02. The van der Waals surface area contributed by atoms with Gasteiger partial charge in [-0.25, -0.2) is 0 Å². The van der Waals surface area contributed by atoms with Crippen LogP contribution in [-0.2, 0) is 0 Å². The number of halogens is 1. The van der Waals surface area contributed by atoms with Gasteiger partial charge in [0.05, 0.1) is 5.02 Å². The van der Waals surface area contributed by atoms with Crippen molar-refractivity contribution >= 4 is 29.2 Å². The molecule has 1 aromatic heterocycles. The van der Waals surface area contributed by atoms with E-state index in [-0.39, 0.29) is 6.04 Å². The van der Waals surface area contributed by atoms with Gasteiger partial charge < -0.3 is 10.6 Å². The molecular formula is C18H18ClN5. The highest BCUT2D eigenvalue weighted by molar-refractivity contribution is 6.33. The van der Waals surface area contributed by atoms with Crippen LogP contribution in [0.2, 0.25) is 5.02 Å². The Balaban J connectivity index is 2.02. The van der Waals surface area contributed by atoms with Gasteiger partial charge in [-0.2, -0.15) is 15.0 Å². The van der Waals surface area contributed by atoms with E-state index in [1.807, 2.05) is 68.4 Å². The number of para-hydroxylation sites is 1. The van der Waals surface area contributed by atoms with Gasteiger partial charge in [-0.05, 0) is 38.1 Å². The second-order valence-electron chi connectivity index (χ2n) is 5.58. The predicted molar refractivity (Wildman–Crippen MR) is 98.8 cm³/mol. The molecule has 5 nitrogen and oxygen atoms in total. The molecule has 0 bridgehead atoms. The maximum absolute atomic E-state index is 6.29. The van der Waals surface area contributed by atoms with E-state index in [0.717, 1.165) is 11.3 Å². The van der Waals surface area contributed by atoms with Gasteiger partial charge in [0.25, 0.3) is 0 Å². The second kappa shape index (κ2) is 7.27. The van der Waals surface area contributed by atoms with Crippen LogP contribution in [0.5, 0.6) is 0 Å². The van der Waals surface area contributed by atoms with Gasteiger partial charge in [0.1, 0.15) is 0 Å². The summed E-state index contributed by atoms with van der Waals surface area (Å²) >= 11 is 6.29. The number of anilines is 3. The predicted octanol–water partition coefficient (Wildman–Crippen LogP) is 4.76. The maximum Gasteiger partial charge on any atom is 0.232 e. The standard InChI is InChI=1S/C18H18ClN5/c1-12(2)20-17-22-16(14-10-6-7-11-15(14)19)23-18(24-17)21-13-8-4-3-5-9-13/h3-12H,1-2H3,(H2,20,21,22,23,24). The number of rotatable bonds is 5. The Morgan fingerprint density at radius 2 is 1.50 bits per heavy atom. The normalized spacial score (nSPS) is 10.7. The Hall–Kier alpha value is -2.66. The lowest BCUT2D eigenvalue weighted by Gasteiger charge is -2.12. The van der Waals surface area contributed by atoms with E-state index in [1.54, 1.807) is 0 Å². The van der Waals surface area contributed by atoms with E-state index in [9.17, 15) is 0 Å². The molecule has 0 spiro atoms. The quantitative estimate of drug-likeness (QED) is 0.702. The molecule has 24 heavy (non-hydrogen) atoms. The molecule has 0 unspecified atom stereocenters. The van der Waals surface area contributed by atoms with E-state index in [0.29, 0.717) is 22.7 Å². The minimum atomic E-state index is 0.205. The summed E-state index contributed by atoms with van der Waals surface area (Å²) in [7, 11) is 0. The molecule has 6 heteroatoms. The molecule has 2 N–H and O–H groups in total. The first-order valence-electron chi connectivity index (χ1n) is 7.71. The summed E-state index contributed by atoms with van der Waals surface area (Å²) < 4.78 is 0. The van der Waals surface area contributed by atoms with Gasteiger partial charge >= 0.3 is 0 Å². The smallest absolute Gasteiger partial charge is 0.232 e. The zero-order valence-electron chi connectivity index (χ0n) is 13.5. The fourth-order valence-corrected chi connectivity index (χ4v) is 2.39. The van der Waals surface area contributed by atoms with Crippen molar-refractivity contribution < 1.29 is 0 Å². The van der Waals surface area contributed by atoms with Crippen molar-refractivity contribution in [3.8, 4) is 11.4 Å². The second-order valence-corrected chi connectivity index (χ2v) is 5.98. The molecule has 3 aromatic rings. The SMILES string of the molecule is CC(C)Nc1nc(Nc2ccccc2)nc(-c2ccccc2Cl)n1. The van der Waals surface area contributed by atoms with Crippen LogP contribution in [-0.4, -0.2) is 21.0 Å². The molecule has 0 aliphatic carbocycles. The molecule has 0 radical (unpaired) electrons. The first-order chi connectivity index (χ1) is 11.6. The van der Waals surface area contributed by atoms with Crippen molar-refractivity contribution in [1.82, 2.24) is 15.0 Å². The van der Waals surface area contributed by atoms with Crippen LogP contribution >= 0.6 is 11.6 Å². The molecule has 3 rings (SSSR count). The Bertz CT molecular complexity index is 821. The summed E-state index contributed by atoms with van der Waals surface area (Å²) in [6.07, 6.45) is 0. The van der Waals surface area contributed by atoms with Gasteiger partial charge in [-0.15, -0.1) is 0 Å². The van der Waals surface area contributed by atoms with Crippen LogP contribution in [0.3, 0.4) is 0 Å². The molecule has 0 saturated heterocycles. The van der Waals surface area contributed by atoms with E-state index in [4.69, 9.17) is 11.6 Å². The highest BCUT2D eigenvalue weighted by atomic mass is 35.5. The largest absolute Gasteiger partial charge is 0.352 e. The molecule has 1 heterocycles. The van der Waals surface area contributed by atoms with Gasteiger partial charge in [0, 0.05) is 17.3 Å². The molecule has 0 fully saturated rings. The molecule has 0 saturated carbocycles. The molecule has 0 aliphatic rings. The van der Waals surface area contributed by atoms with E-state index in [2.05, 4.69) is 25.6 Å². The van der Waals surface area contributed by atoms with Crippen LogP contribution in [0.4, 0.5) is 17.6 Å². The Morgan fingerprint density at radius 1 is 0.833 bits per heavy atom. The monoisotopic (exact) mass is 339 g/mol. The lowest BCUT2D eigenvalue weighted by molar-refractivity contribution is 0.869. The van der Waals surface area contributed by atoms with E-state index < -0.39 is 0 Å². The fourth-order valence-electron chi connectivity index (χ4n) is 2.17. The Kier molecular flexibility index (Phi) is 4.91. The molecule has 0 aliphatic heterocycles. The lowest BCUT2D eigenvalue weighted by Crippen LogP contribution is -2.14. The van der Waals surface area contributed by atoms with Gasteiger partial charge in [0.2, 0.25) is 11.9 Å². The minimum absolute atomic E-state index is 0.205. The molecule has 0 amide bonds. The first-order valence-corrected chi connectivity index (χ1v) is 8.09. The average molecular weight is 340 g/mol. The topological polar surface area (TPSA) is 62.7 Å². The zero-order valence-corrected chi connectivity index (χ0v) is 14.2. The maximum atomic E-state index is 6.29. The number of hydrogen-bond donors (Lipinski definition) is 2. The van der Waals surface area contributed by atoms with Crippen LogP contribution in [0.25, 0.3) is 11.4 Å². The summed E-state index contributed by atoms with van der Waals surface area (Å²) in [4.78, 5) is 13.4. The van der Waals surface area contributed by atoms with Gasteiger partial charge in [0.15, 0.2) is 5.82 Å². The van der Waals surface area contributed by atoms with Crippen molar-refractivity contribution in [3.05, 3.63) is 59.6 Å². The summed E-state index contributed by atoms with van der Waals surface area (Å²) in [6, 6.07) is 17.5. The summed E-state index contributed by atoms with van der Waals surface area (Å²) in [6.45, 7) is 4.06. The summed E-state index contributed by atoms with van der Waals surface area (Å²) in [5.41, 5.74) is 1.67. The van der Waals surface area contributed by atoms with Crippen LogP contribution in [0, 0.1) is 0 Å². The number of aromatic nitrogens is 3. The average Bonchev–Trinajstić information content (AvgIpc) is 2.55. The molecular weight excluding hydrogens is 322 g/mol. The Labute approximate surface area is 146 Å². The van der Waals surface area contributed by atoms with Crippen molar-refractivity contribution in [1.29, 1.82) is 0 Å². The number of nitrogens with one attached hydrogen (secondary N) is 2. The first kappa shape index (κ1) is 16.2. The third-order valence-electron chi connectivity index (χ3n) is 3.20. The number of nitrogens with zero attached hydrogens (tertiary/aromatic N) is 3. The van der Waals surface area contributed by atoms with Crippen LogP contribution in [0.1, 0.15) is 13.8 Å². The van der Waals surface area contributed by atoms with Crippen molar-refractivity contribution in [2.75, 3.05) is 10.6 Å². The Morgan fingerprint density at radius 3 is 2.21 bits per heavy atom. The van der Waals surface area contributed by atoms with Crippen LogP contribution in [0.15, 0.2) is 54.6 Å². The highest BCUT2D eigenvalue weighted by Crippen LogP contribution is 2.26. The van der Waals surface area contributed by atoms with Crippen LogP contribution < -0.4 is 10.6 Å². The van der Waals surface area contributed by atoms with E-state index in [1.165, 1.54) is 0 Å². The summed E-state index contributed by atoms with van der Waals surface area (Å²) in [5.74, 6) is 1.50. The van der Waals surface area contributed by atoms with E-state index >= 15 is 0 Å². The molecule has 122 valence electrons. The minimum Gasteiger partial charge on any atom is -0.352 e. The van der Waals surface area contributed by atoms with Crippen molar-refractivity contribution in [3.63, 3.8) is 0 Å². The van der Waals surface area contributed by atoms with Crippen molar-refractivity contribution in [2.45, 2.75) is 19.9 Å². The third-order valence-corrected chi connectivity index (χ3v) is 3.53. The van der Waals surface area contributed by atoms with Gasteiger partial charge in [-0.1, -0.05) is 41.9 Å². The third kappa shape index (κ3) is 4.00. The molecule has 0 atom stereocenters. The van der Waals surface area contributed by atoms with Gasteiger partial charge in [-0.3, -0.25) is 0 Å². The van der Waals surface area contributed by atoms with Crippen molar-refractivity contribution in [2.24, 2.45) is 0 Å². The fraction of sp³-hybridized carbons (Fsp3) is 0.167. The highest BCUT2D eigenvalue weighted by Gasteiger charge is 2.12. The number of hydrogen-bond acceptors (Lipinski definition) is 5.